The fourth-order valence-electron chi connectivity index (χ4n) is 3.40. The zero-order chi connectivity index (χ0) is 18.2. The maximum absolute atomic E-state index is 12.2. The molecule has 0 heterocycles. The van der Waals surface area contributed by atoms with Crippen LogP contribution in [0.15, 0.2) is 24.3 Å². The van der Waals surface area contributed by atoms with Gasteiger partial charge in [-0.2, -0.15) is 0 Å². The van der Waals surface area contributed by atoms with Gasteiger partial charge < -0.3 is 10.6 Å². The van der Waals surface area contributed by atoms with Crippen LogP contribution in [0.4, 0.5) is 5.69 Å². The van der Waals surface area contributed by atoms with Crippen LogP contribution in [0.2, 0.25) is 0 Å². The fraction of sp³-hybridized carbons (Fsp3) is 0.619. The zero-order valence-corrected chi connectivity index (χ0v) is 15.8. The van der Waals surface area contributed by atoms with E-state index in [0.29, 0.717) is 24.8 Å². The molecule has 0 aromatic heterocycles. The molecule has 1 aliphatic rings. The number of rotatable bonds is 7. The van der Waals surface area contributed by atoms with Crippen LogP contribution in [0, 0.1) is 5.92 Å². The molecular formula is C21H32N2O2. The normalized spacial score (nSPS) is 16.5. The molecule has 0 spiro atoms. The quantitative estimate of drug-likeness (QED) is 0.758. The third-order valence-electron chi connectivity index (χ3n) is 4.90. The molecule has 4 heteroatoms. The summed E-state index contributed by atoms with van der Waals surface area (Å²) in [6.45, 7) is 6.25. The van der Waals surface area contributed by atoms with Crippen molar-refractivity contribution in [2.75, 3.05) is 5.32 Å². The molecule has 0 saturated heterocycles. The van der Waals surface area contributed by atoms with E-state index < -0.39 is 0 Å². The molecule has 0 aliphatic heterocycles. The number of anilines is 1. The minimum atomic E-state index is -0.0322. The third kappa shape index (κ3) is 6.89. The number of benzene rings is 1. The van der Waals surface area contributed by atoms with Crippen LogP contribution in [0.25, 0.3) is 0 Å². The van der Waals surface area contributed by atoms with Gasteiger partial charge in [0.1, 0.15) is 0 Å². The summed E-state index contributed by atoms with van der Waals surface area (Å²) in [5.74, 6) is 0.565. The van der Waals surface area contributed by atoms with Crippen LogP contribution in [0.1, 0.15) is 77.2 Å². The van der Waals surface area contributed by atoms with Crippen LogP contribution < -0.4 is 10.6 Å². The molecule has 1 aromatic rings. The van der Waals surface area contributed by atoms with E-state index in [-0.39, 0.29) is 17.7 Å². The summed E-state index contributed by atoms with van der Waals surface area (Å²) in [5.41, 5.74) is 2.07. The van der Waals surface area contributed by atoms with Gasteiger partial charge in [0.25, 0.3) is 0 Å². The molecule has 25 heavy (non-hydrogen) atoms. The van der Waals surface area contributed by atoms with Crippen molar-refractivity contribution in [3.63, 3.8) is 0 Å². The lowest BCUT2D eigenvalue weighted by Gasteiger charge is -2.23. The van der Waals surface area contributed by atoms with Gasteiger partial charge in [0, 0.05) is 24.6 Å². The monoisotopic (exact) mass is 344 g/mol. The predicted molar refractivity (Wildman–Crippen MR) is 103 cm³/mol. The maximum Gasteiger partial charge on any atom is 0.224 e. The molecule has 2 amide bonds. The third-order valence-corrected chi connectivity index (χ3v) is 4.90. The van der Waals surface area contributed by atoms with Gasteiger partial charge in [-0.1, -0.05) is 52.2 Å². The lowest BCUT2D eigenvalue weighted by molar-refractivity contribution is -0.123. The molecule has 1 atom stereocenters. The van der Waals surface area contributed by atoms with Gasteiger partial charge in [-0.15, -0.1) is 0 Å². The molecule has 1 saturated carbocycles. The van der Waals surface area contributed by atoms with Gasteiger partial charge in [0.05, 0.1) is 0 Å². The minimum absolute atomic E-state index is 0.0322. The second kappa shape index (κ2) is 9.59. The van der Waals surface area contributed by atoms with Gasteiger partial charge in [-0.25, -0.2) is 0 Å². The Morgan fingerprint density at radius 2 is 1.56 bits per heavy atom. The van der Waals surface area contributed by atoms with Crippen molar-refractivity contribution in [2.45, 2.75) is 77.7 Å². The number of nitrogens with one attached hydrogen (secondary N) is 2. The first kappa shape index (κ1) is 19.5. The van der Waals surface area contributed by atoms with Crippen molar-refractivity contribution in [3.8, 4) is 0 Å². The first-order chi connectivity index (χ1) is 11.9. The molecule has 0 bridgehead atoms. The molecule has 4 nitrogen and oxygen atoms in total. The van der Waals surface area contributed by atoms with Crippen molar-refractivity contribution in [1.82, 2.24) is 5.32 Å². The minimum Gasteiger partial charge on any atom is -0.353 e. The van der Waals surface area contributed by atoms with Crippen LogP contribution in [0.5, 0.6) is 0 Å². The first-order valence-electron chi connectivity index (χ1n) is 9.63. The number of amides is 2. The summed E-state index contributed by atoms with van der Waals surface area (Å²) in [6, 6.07) is 8.30. The Morgan fingerprint density at radius 1 is 0.960 bits per heavy atom. The van der Waals surface area contributed by atoms with Gasteiger partial charge >= 0.3 is 0 Å². The smallest absolute Gasteiger partial charge is 0.224 e. The summed E-state index contributed by atoms with van der Waals surface area (Å²) in [6.07, 6.45) is 6.65. The van der Waals surface area contributed by atoms with E-state index in [9.17, 15) is 9.59 Å². The number of hydrogen-bond acceptors (Lipinski definition) is 2. The summed E-state index contributed by atoms with van der Waals surface area (Å²) < 4.78 is 0. The van der Waals surface area contributed by atoms with Gasteiger partial charge in [-0.05, 0) is 42.4 Å². The molecule has 0 unspecified atom stereocenters. The Morgan fingerprint density at radius 3 is 2.16 bits per heavy atom. The molecule has 1 aromatic carbocycles. The van der Waals surface area contributed by atoms with E-state index >= 15 is 0 Å². The molecule has 2 rings (SSSR count). The summed E-state index contributed by atoms with van der Waals surface area (Å²) in [5, 5.41) is 6.04. The Hall–Kier alpha value is -1.84. The second-order valence-electron chi connectivity index (χ2n) is 7.74. The fourth-order valence-corrected chi connectivity index (χ4v) is 3.40. The van der Waals surface area contributed by atoms with E-state index in [2.05, 4.69) is 24.5 Å². The predicted octanol–water partition coefficient (Wildman–Crippen LogP) is 4.61. The average molecular weight is 344 g/mol. The summed E-state index contributed by atoms with van der Waals surface area (Å²) in [7, 11) is 0. The molecule has 2 N–H and O–H groups in total. The highest BCUT2D eigenvalue weighted by molar-refractivity contribution is 5.91. The second-order valence-corrected chi connectivity index (χ2v) is 7.74. The Labute approximate surface area is 151 Å². The Balaban J connectivity index is 1.72. The van der Waals surface area contributed by atoms with Crippen LogP contribution in [0.3, 0.4) is 0 Å². The van der Waals surface area contributed by atoms with Crippen molar-refractivity contribution in [2.24, 2.45) is 5.92 Å². The first-order valence-corrected chi connectivity index (χ1v) is 9.63. The summed E-state index contributed by atoms with van der Waals surface area (Å²) >= 11 is 0. The van der Waals surface area contributed by atoms with E-state index in [1.165, 1.54) is 24.8 Å². The Kier molecular flexibility index (Phi) is 7.48. The van der Waals surface area contributed by atoms with E-state index in [1.54, 1.807) is 0 Å². The molecule has 0 radical (unpaired) electrons. The van der Waals surface area contributed by atoms with Crippen LogP contribution in [-0.4, -0.2) is 17.9 Å². The number of hydrogen-bond donors (Lipinski definition) is 2. The standard InChI is InChI=1S/C21H32N2O2/c1-15(2)17-9-11-19(12-10-17)23-21(25)14-16(3)13-20(24)22-18-7-5-4-6-8-18/h9-12,15-16,18H,4-8,13-14H2,1-3H3,(H,22,24)(H,23,25)/t16-/m1/s1. The highest BCUT2D eigenvalue weighted by Crippen LogP contribution is 2.19. The van der Waals surface area contributed by atoms with E-state index in [1.807, 2.05) is 31.2 Å². The van der Waals surface area contributed by atoms with Gasteiger partial charge in [0.15, 0.2) is 0 Å². The zero-order valence-electron chi connectivity index (χ0n) is 15.8. The highest BCUT2D eigenvalue weighted by Gasteiger charge is 2.18. The van der Waals surface area contributed by atoms with Crippen molar-refractivity contribution >= 4 is 17.5 Å². The Bertz CT molecular complexity index is 560. The van der Waals surface area contributed by atoms with Crippen molar-refractivity contribution in [3.05, 3.63) is 29.8 Å². The van der Waals surface area contributed by atoms with Gasteiger partial charge in [0.2, 0.25) is 11.8 Å². The topological polar surface area (TPSA) is 58.2 Å². The van der Waals surface area contributed by atoms with Crippen LogP contribution in [-0.2, 0) is 9.59 Å². The number of carbonyl (C=O) groups excluding carboxylic acids is 2. The maximum atomic E-state index is 12.2. The molecular weight excluding hydrogens is 312 g/mol. The average Bonchev–Trinajstić information content (AvgIpc) is 2.55. The summed E-state index contributed by atoms with van der Waals surface area (Å²) in [4.78, 5) is 24.3. The highest BCUT2D eigenvalue weighted by atomic mass is 16.2. The van der Waals surface area contributed by atoms with Gasteiger partial charge in [-0.3, -0.25) is 9.59 Å². The molecule has 138 valence electrons. The largest absolute Gasteiger partial charge is 0.353 e. The van der Waals surface area contributed by atoms with Crippen molar-refractivity contribution < 1.29 is 9.59 Å². The molecule has 1 fully saturated rings. The molecule has 1 aliphatic carbocycles. The lowest BCUT2D eigenvalue weighted by atomic mass is 9.95. The number of carbonyl (C=O) groups is 2. The van der Waals surface area contributed by atoms with E-state index in [4.69, 9.17) is 0 Å². The lowest BCUT2D eigenvalue weighted by Crippen LogP contribution is -2.37. The van der Waals surface area contributed by atoms with E-state index in [0.717, 1.165) is 18.5 Å². The SMILES string of the molecule is CC(C)c1ccc(NC(=O)C[C@H](C)CC(=O)NC2CCCCC2)cc1. The van der Waals surface area contributed by atoms with Crippen molar-refractivity contribution in [1.29, 1.82) is 0 Å². The van der Waals surface area contributed by atoms with Crippen LogP contribution >= 0.6 is 0 Å².